The van der Waals surface area contributed by atoms with Crippen LogP contribution in [0.15, 0.2) is 12.1 Å². The van der Waals surface area contributed by atoms with Crippen molar-refractivity contribution in [3.63, 3.8) is 0 Å². The van der Waals surface area contributed by atoms with E-state index < -0.39 is 15.9 Å². The molecule has 0 aliphatic carbocycles. The molecule has 1 amide bonds. The van der Waals surface area contributed by atoms with Crippen LogP contribution in [0.4, 0.5) is 0 Å². The molecule has 0 radical (unpaired) electrons. The first kappa shape index (κ1) is 17.2. The summed E-state index contributed by atoms with van der Waals surface area (Å²) in [5.41, 5.74) is 3.91. The Hall–Kier alpha value is -1.87. The summed E-state index contributed by atoms with van der Waals surface area (Å²) in [6, 6.07) is 5.82. The fraction of sp³-hybridized carbons (Fsp3) is 0.467. The lowest BCUT2D eigenvalue weighted by atomic mass is 9.97. The lowest BCUT2D eigenvalue weighted by Crippen LogP contribution is -2.33. The quantitative estimate of drug-likeness (QED) is 0.813. The third-order valence-corrected chi connectivity index (χ3v) is 4.51. The zero-order valence-corrected chi connectivity index (χ0v) is 13.4. The number of benzene rings is 1. The average Bonchev–Trinajstić information content (AvgIpc) is 2.33. The van der Waals surface area contributed by atoms with Crippen molar-refractivity contribution < 1.29 is 13.2 Å². The number of nitriles is 1. The number of unbranched alkanes of at least 4 members (excludes halogenated alkanes) is 1. The fourth-order valence-corrected chi connectivity index (χ4v) is 3.30. The Morgan fingerprint density at radius 2 is 1.81 bits per heavy atom. The molecule has 0 saturated carbocycles. The van der Waals surface area contributed by atoms with Crippen LogP contribution in [0, 0.1) is 32.1 Å². The summed E-state index contributed by atoms with van der Waals surface area (Å²) in [6.45, 7) is 5.79. The third kappa shape index (κ3) is 5.56. The molecule has 1 aromatic rings. The van der Waals surface area contributed by atoms with Crippen molar-refractivity contribution in [1.29, 1.82) is 5.26 Å². The van der Waals surface area contributed by atoms with Crippen molar-refractivity contribution in [3.8, 4) is 6.07 Å². The van der Waals surface area contributed by atoms with E-state index in [0.717, 1.165) is 22.3 Å². The maximum atomic E-state index is 11.9. The third-order valence-electron chi connectivity index (χ3n) is 3.15. The molecule has 0 fully saturated rings. The van der Waals surface area contributed by atoms with Crippen molar-refractivity contribution in [2.24, 2.45) is 0 Å². The van der Waals surface area contributed by atoms with Gasteiger partial charge in [0.15, 0.2) is 0 Å². The van der Waals surface area contributed by atoms with E-state index in [1.165, 1.54) is 0 Å². The van der Waals surface area contributed by atoms with Gasteiger partial charge in [0, 0.05) is 6.42 Å². The van der Waals surface area contributed by atoms with E-state index in [1.54, 1.807) is 0 Å². The van der Waals surface area contributed by atoms with Crippen LogP contribution in [0.2, 0.25) is 0 Å². The van der Waals surface area contributed by atoms with Crippen LogP contribution in [0.25, 0.3) is 0 Å². The van der Waals surface area contributed by atoms with Gasteiger partial charge in [-0.1, -0.05) is 17.7 Å². The molecule has 0 saturated heterocycles. The highest BCUT2D eigenvalue weighted by Gasteiger charge is 2.16. The molecule has 0 bridgehead atoms. The van der Waals surface area contributed by atoms with Crippen molar-refractivity contribution in [2.45, 2.75) is 40.0 Å². The predicted molar refractivity (Wildman–Crippen MR) is 81.1 cm³/mol. The molecule has 114 valence electrons. The summed E-state index contributed by atoms with van der Waals surface area (Å²) in [6.07, 6.45) is 0.419. The van der Waals surface area contributed by atoms with Gasteiger partial charge in [-0.05, 0) is 43.9 Å². The first-order valence-corrected chi connectivity index (χ1v) is 8.37. The van der Waals surface area contributed by atoms with Crippen LogP contribution < -0.4 is 4.72 Å². The molecule has 0 aliphatic heterocycles. The van der Waals surface area contributed by atoms with Gasteiger partial charge in [0.1, 0.15) is 0 Å². The Labute approximate surface area is 126 Å². The number of amides is 1. The van der Waals surface area contributed by atoms with E-state index in [0.29, 0.717) is 0 Å². The first-order valence-electron chi connectivity index (χ1n) is 6.72. The van der Waals surface area contributed by atoms with E-state index in [2.05, 4.69) is 4.72 Å². The van der Waals surface area contributed by atoms with Gasteiger partial charge in [-0.2, -0.15) is 5.26 Å². The van der Waals surface area contributed by atoms with Gasteiger partial charge < -0.3 is 0 Å². The van der Waals surface area contributed by atoms with Crippen LogP contribution in [0.3, 0.4) is 0 Å². The summed E-state index contributed by atoms with van der Waals surface area (Å²) < 4.78 is 25.4. The lowest BCUT2D eigenvalue weighted by molar-refractivity contribution is -0.118. The highest BCUT2D eigenvalue weighted by atomic mass is 32.2. The Morgan fingerprint density at radius 3 is 2.33 bits per heavy atom. The van der Waals surface area contributed by atoms with E-state index in [4.69, 9.17) is 5.26 Å². The SMILES string of the molecule is Cc1cc(C)c(CC(=O)NS(=O)(=O)CCCC#N)c(C)c1. The number of hydrogen-bond donors (Lipinski definition) is 1. The fourth-order valence-electron chi connectivity index (χ4n) is 2.25. The smallest absolute Gasteiger partial charge is 0.237 e. The highest BCUT2D eigenvalue weighted by molar-refractivity contribution is 7.90. The number of aryl methyl sites for hydroxylation is 3. The lowest BCUT2D eigenvalue weighted by Gasteiger charge is -2.11. The van der Waals surface area contributed by atoms with Crippen molar-refractivity contribution >= 4 is 15.9 Å². The summed E-state index contributed by atoms with van der Waals surface area (Å²) in [5, 5.41) is 8.39. The maximum Gasteiger partial charge on any atom is 0.237 e. The molecule has 0 spiro atoms. The Kier molecular flexibility index (Phi) is 5.91. The second kappa shape index (κ2) is 7.23. The molecule has 0 heterocycles. The summed E-state index contributed by atoms with van der Waals surface area (Å²) >= 11 is 0. The predicted octanol–water partition coefficient (Wildman–Crippen LogP) is 1.90. The number of sulfonamides is 1. The minimum atomic E-state index is -3.66. The van der Waals surface area contributed by atoms with E-state index >= 15 is 0 Å². The number of nitrogens with one attached hydrogen (secondary N) is 1. The van der Waals surface area contributed by atoms with Gasteiger partial charge in [-0.3, -0.25) is 9.52 Å². The van der Waals surface area contributed by atoms with E-state index in [-0.39, 0.29) is 25.0 Å². The van der Waals surface area contributed by atoms with Crippen LogP contribution in [-0.4, -0.2) is 20.1 Å². The molecule has 0 atom stereocenters. The molecule has 1 aromatic carbocycles. The standard InChI is InChI=1S/C15H20N2O3S/c1-11-8-12(2)14(13(3)9-11)10-15(18)17-21(19,20)7-5-4-6-16/h8-9H,4-5,7,10H2,1-3H3,(H,17,18). The largest absolute Gasteiger partial charge is 0.274 e. The molecule has 1 N–H and O–H groups in total. The molecule has 5 nitrogen and oxygen atoms in total. The summed E-state index contributed by atoms with van der Waals surface area (Å²) in [4.78, 5) is 11.9. The van der Waals surface area contributed by atoms with Crippen LogP contribution in [0.1, 0.15) is 35.1 Å². The van der Waals surface area contributed by atoms with Gasteiger partial charge in [0.05, 0.1) is 18.2 Å². The van der Waals surface area contributed by atoms with Gasteiger partial charge >= 0.3 is 0 Å². The van der Waals surface area contributed by atoms with Gasteiger partial charge in [-0.15, -0.1) is 0 Å². The zero-order valence-electron chi connectivity index (χ0n) is 12.6. The van der Waals surface area contributed by atoms with Crippen LogP contribution >= 0.6 is 0 Å². The minimum absolute atomic E-state index is 0.0371. The molecule has 21 heavy (non-hydrogen) atoms. The van der Waals surface area contributed by atoms with Gasteiger partial charge in [-0.25, -0.2) is 8.42 Å². The van der Waals surface area contributed by atoms with Gasteiger partial charge in [0.25, 0.3) is 0 Å². The molecule has 1 rings (SSSR count). The molecule has 6 heteroatoms. The monoisotopic (exact) mass is 308 g/mol. The second-order valence-corrected chi connectivity index (χ2v) is 7.00. The Balaban J connectivity index is 2.73. The summed E-state index contributed by atoms with van der Waals surface area (Å²) in [7, 11) is -3.66. The maximum absolute atomic E-state index is 11.9. The number of hydrogen-bond acceptors (Lipinski definition) is 4. The molecule has 0 unspecified atom stereocenters. The Bertz CT molecular complexity index is 650. The number of rotatable bonds is 6. The molecule has 0 aromatic heterocycles. The van der Waals surface area contributed by atoms with Crippen molar-refractivity contribution in [2.75, 3.05) is 5.75 Å². The van der Waals surface area contributed by atoms with Crippen molar-refractivity contribution in [3.05, 3.63) is 34.4 Å². The zero-order chi connectivity index (χ0) is 16.0. The second-order valence-electron chi connectivity index (χ2n) is 5.16. The van der Waals surface area contributed by atoms with E-state index in [1.807, 2.05) is 39.0 Å². The first-order chi connectivity index (χ1) is 9.75. The van der Waals surface area contributed by atoms with Gasteiger partial charge in [0.2, 0.25) is 15.9 Å². The molecular weight excluding hydrogens is 288 g/mol. The van der Waals surface area contributed by atoms with E-state index in [9.17, 15) is 13.2 Å². The molecular formula is C15H20N2O3S. The number of nitrogens with zero attached hydrogens (tertiary/aromatic N) is 1. The average molecular weight is 308 g/mol. The van der Waals surface area contributed by atoms with Crippen LogP contribution in [-0.2, 0) is 21.2 Å². The van der Waals surface area contributed by atoms with Crippen LogP contribution in [0.5, 0.6) is 0 Å². The minimum Gasteiger partial charge on any atom is -0.274 e. The Morgan fingerprint density at radius 1 is 1.24 bits per heavy atom. The number of carbonyl (C=O) groups is 1. The molecule has 0 aliphatic rings. The summed E-state index contributed by atoms with van der Waals surface area (Å²) in [5.74, 6) is -0.750. The highest BCUT2D eigenvalue weighted by Crippen LogP contribution is 2.17. The topological polar surface area (TPSA) is 87.0 Å². The number of carbonyl (C=O) groups excluding carboxylic acids is 1. The normalized spacial score (nSPS) is 11.0. The van der Waals surface area contributed by atoms with Crippen molar-refractivity contribution in [1.82, 2.24) is 4.72 Å².